The van der Waals surface area contributed by atoms with Crippen LogP contribution in [0.25, 0.3) is 0 Å². The van der Waals surface area contributed by atoms with E-state index in [0.717, 1.165) is 12.2 Å². The van der Waals surface area contributed by atoms with E-state index in [9.17, 15) is 4.79 Å². The number of ether oxygens (including phenoxy) is 1. The Labute approximate surface area is 112 Å². The smallest absolute Gasteiger partial charge is 0.340 e. The van der Waals surface area contributed by atoms with E-state index in [4.69, 9.17) is 4.74 Å². The number of nitrogens with zero attached hydrogens (tertiary/aromatic N) is 3. The fourth-order valence-electron chi connectivity index (χ4n) is 2.24. The fraction of sp³-hybridized carbons (Fsp3) is 0.429. The van der Waals surface area contributed by atoms with E-state index in [1.807, 2.05) is 37.3 Å². The molecule has 3 rings (SSSR count). The van der Waals surface area contributed by atoms with E-state index in [0.29, 0.717) is 13.1 Å². The van der Waals surface area contributed by atoms with E-state index >= 15 is 0 Å². The molecule has 2 aliphatic rings. The second-order valence-corrected chi connectivity index (χ2v) is 4.97. The number of carbonyl (C=O) groups is 1. The summed E-state index contributed by atoms with van der Waals surface area (Å²) in [6.07, 6.45) is 2.72. The molecule has 2 heterocycles. The third kappa shape index (κ3) is 2.41. The summed E-state index contributed by atoms with van der Waals surface area (Å²) in [4.78, 5) is 13.9. The van der Waals surface area contributed by atoms with Crippen LogP contribution < -0.4 is 4.74 Å². The molecule has 0 radical (unpaired) electrons. The minimum absolute atomic E-state index is 0.0193. The van der Waals surface area contributed by atoms with Gasteiger partial charge in [-0.05, 0) is 19.1 Å². The lowest BCUT2D eigenvalue weighted by Crippen LogP contribution is -2.59. The van der Waals surface area contributed by atoms with Gasteiger partial charge in [-0.2, -0.15) is 5.10 Å². The topological polar surface area (TPSA) is 45.1 Å². The zero-order chi connectivity index (χ0) is 13.2. The summed E-state index contributed by atoms with van der Waals surface area (Å²) >= 11 is 0. The summed E-state index contributed by atoms with van der Waals surface area (Å²) in [6.45, 7) is 3.27. The maximum atomic E-state index is 12.1. The molecule has 0 spiro atoms. The van der Waals surface area contributed by atoms with Gasteiger partial charge < -0.3 is 9.64 Å². The SMILES string of the molecule is C[C@H]1CC=NN1C(=O)N1CC(Oc2ccccc2)C1. The van der Waals surface area contributed by atoms with Gasteiger partial charge in [0.2, 0.25) is 0 Å². The number of likely N-dealkylation sites (tertiary alicyclic amines) is 1. The van der Waals surface area contributed by atoms with Crippen LogP contribution in [0.2, 0.25) is 0 Å². The minimum Gasteiger partial charge on any atom is -0.487 e. The van der Waals surface area contributed by atoms with Gasteiger partial charge in [-0.3, -0.25) is 0 Å². The molecule has 1 fully saturated rings. The molecule has 5 heteroatoms. The molecular weight excluding hydrogens is 242 g/mol. The molecule has 1 aromatic carbocycles. The Bertz CT molecular complexity index is 483. The second-order valence-electron chi connectivity index (χ2n) is 4.97. The molecule has 2 amide bonds. The number of hydrazone groups is 1. The molecule has 0 unspecified atom stereocenters. The number of amides is 2. The van der Waals surface area contributed by atoms with Crippen molar-refractivity contribution in [1.82, 2.24) is 9.91 Å². The molecule has 0 saturated carbocycles. The fourth-order valence-corrected chi connectivity index (χ4v) is 2.24. The van der Waals surface area contributed by atoms with E-state index in [1.165, 1.54) is 0 Å². The molecule has 0 aliphatic carbocycles. The van der Waals surface area contributed by atoms with Crippen LogP contribution >= 0.6 is 0 Å². The third-order valence-electron chi connectivity index (χ3n) is 3.43. The average molecular weight is 259 g/mol. The molecule has 0 aromatic heterocycles. The van der Waals surface area contributed by atoms with E-state index in [2.05, 4.69) is 5.10 Å². The monoisotopic (exact) mass is 259 g/mol. The summed E-state index contributed by atoms with van der Waals surface area (Å²) < 4.78 is 5.77. The standard InChI is InChI=1S/C14H17N3O2/c1-11-7-8-15-17(11)14(18)16-9-13(10-16)19-12-5-3-2-4-6-12/h2-6,8,11,13H,7,9-10H2,1H3/t11-/m0/s1. The number of carbonyl (C=O) groups excluding carboxylic acids is 1. The van der Waals surface area contributed by atoms with Crippen LogP contribution in [-0.4, -0.2) is 47.4 Å². The molecular formula is C14H17N3O2. The van der Waals surface area contributed by atoms with Gasteiger partial charge in [0.1, 0.15) is 11.9 Å². The Kier molecular flexibility index (Phi) is 3.11. The largest absolute Gasteiger partial charge is 0.487 e. The van der Waals surface area contributed by atoms with Gasteiger partial charge in [-0.1, -0.05) is 18.2 Å². The van der Waals surface area contributed by atoms with Crippen molar-refractivity contribution in [3.8, 4) is 5.75 Å². The predicted octanol–water partition coefficient (Wildman–Crippen LogP) is 1.95. The highest BCUT2D eigenvalue weighted by Crippen LogP contribution is 2.21. The van der Waals surface area contributed by atoms with Gasteiger partial charge >= 0.3 is 6.03 Å². The van der Waals surface area contributed by atoms with Crippen molar-refractivity contribution in [1.29, 1.82) is 0 Å². The first-order valence-electron chi connectivity index (χ1n) is 6.56. The molecule has 19 heavy (non-hydrogen) atoms. The lowest BCUT2D eigenvalue weighted by Gasteiger charge is -2.40. The minimum atomic E-state index is -0.0193. The number of hydrogen-bond acceptors (Lipinski definition) is 3. The van der Waals surface area contributed by atoms with Crippen molar-refractivity contribution in [2.75, 3.05) is 13.1 Å². The van der Waals surface area contributed by atoms with Crippen molar-refractivity contribution in [2.45, 2.75) is 25.5 Å². The summed E-state index contributed by atoms with van der Waals surface area (Å²) in [6, 6.07) is 9.84. The zero-order valence-corrected chi connectivity index (χ0v) is 10.9. The first-order chi connectivity index (χ1) is 9.24. The highest BCUT2D eigenvalue weighted by molar-refractivity contribution is 5.78. The number of rotatable bonds is 2. The Morgan fingerprint density at radius 1 is 1.32 bits per heavy atom. The van der Waals surface area contributed by atoms with Gasteiger partial charge in [0, 0.05) is 12.6 Å². The summed E-state index contributed by atoms with van der Waals surface area (Å²) in [5, 5.41) is 5.66. The van der Waals surface area contributed by atoms with Crippen LogP contribution in [0.5, 0.6) is 5.75 Å². The predicted molar refractivity (Wildman–Crippen MR) is 72.2 cm³/mol. The first-order valence-corrected chi connectivity index (χ1v) is 6.56. The lowest BCUT2D eigenvalue weighted by molar-refractivity contribution is 0.0286. The van der Waals surface area contributed by atoms with Crippen LogP contribution in [0.4, 0.5) is 4.79 Å². The van der Waals surface area contributed by atoms with Crippen molar-refractivity contribution >= 4 is 12.2 Å². The van der Waals surface area contributed by atoms with Gasteiger partial charge in [0.05, 0.1) is 19.1 Å². The van der Waals surface area contributed by atoms with Crippen molar-refractivity contribution in [3.05, 3.63) is 30.3 Å². The maximum Gasteiger partial charge on any atom is 0.340 e. The quantitative estimate of drug-likeness (QED) is 0.815. The van der Waals surface area contributed by atoms with Crippen molar-refractivity contribution < 1.29 is 9.53 Å². The number of urea groups is 1. The number of para-hydroxylation sites is 1. The van der Waals surface area contributed by atoms with Crippen LogP contribution in [0.1, 0.15) is 13.3 Å². The van der Waals surface area contributed by atoms with Crippen LogP contribution in [0.3, 0.4) is 0 Å². The van der Waals surface area contributed by atoms with Crippen LogP contribution in [-0.2, 0) is 0 Å². The zero-order valence-electron chi connectivity index (χ0n) is 10.9. The highest BCUT2D eigenvalue weighted by Gasteiger charge is 2.37. The molecule has 1 atom stereocenters. The molecule has 1 saturated heterocycles. The highest BCUT2D eigenvalue weighted by atomic mass is 16.5. The molecule has 1 aromatic rings. The molecule has 5 nitrogen and oxygen atoms in total. The van der Waals surface area contributed by atoms with Gasteiger partial charge in [-0.15, -0.1) is 0 Å². The first kappa shape index (κ1) is 12.0. The number of hydrogen-bond donors (Lipinski definition) is 0. The Morgan fingerprint density at radius 2 is 2.05 bits per heavy atom. The normalized spacial score (nSPS) is 22.5. The lowest BCUT2D eigenvalue weighted by atomic mass is 10.1. The van der Waals surface area contributed by atoms with Gasteiger partial charge in [-0.25, -0.2) is 9.80 Å². The average Bonchev–Trinajstić information content (AvgIpc) is 2.80. The maximum absolute atomic E-state index is 12.1. The Morgan fingerprint density at radius 3 is 2.68 bits per heavy atom. The number of benzene rings is 1. The van der Waals surface area contributed by atoms with E-state index in [-0.39, 0.29) is 18.2 Å². The molecule has 100 valence electrons. The molecule has 0 bridgehead atoms. The molecule has 2 aliphatic heterocycles. The Balaban J connectivity index is 1.50. The summed E-state index contributed by atoms with van der Waals surface area (Å²) in [7, 11) is 0. The third-order valence-corrected chi connectivity index (χ3v) is 3.43. The molecule has 0 N–H and O–H groups in total. The summed E-state index contributed by atoms with van der Waals surface area (Å²) in [5.74, 6) is 0.854. The van der Waals surface area contributed by atoms with Crippen LogP contribution in [0.15, 0.2) is 35.4 Å². The van der Waals surface area contributed by atoms with Crippen molar-refractivity contribution in [2.24, 2.45) is 5.10 Å². The van der Waals surface area contributed by atoms with Crippen LogP contribution in [0, 0.1) is 0 Å². The summed E-state index contributed by atoms with van der Waals surface area (Å²) in [5.41, 5.74) is 0. The van der Waals surface area contributed by atoms with E-state index in [1.54, 1.807) is 16.1 Å². The van der Waals surface area contributed by atoms with Crippen molar-refractivity contribution in [3.63, 3.8) is 0 Å². The second kappa shape index (κ2) is 4.91. The van der Waals surface area contributed by atoms with Gasteiger partial charge in [0.25, 0.3) is 0 Å². The Hall–Kier alpha value is -2.04. The van der Waals surface area contributed by atoms with E-state index < -0.39 is 0 Å². The van der Waals surface area contributed by atoms with Gasteiger partial charge in [0.15, 0.2) is 0 Å².